The van der Waals surface area contributed by atoms with Crippen molar-refractivity contribution in [3.8, 4) is 0 Å². The third-order valence-electron chi connectivity index (χ3n) is 2.81. The summed E-state index contributed by atoms with van der Waals surface area (Å²) in [6.45, 7) is 8.60. The molecule has 0 spiro atoms. The maximum Gasteiger partial charge on any atom is 0.252 e. The van der Waals surface area contributed by atoms with Crippen molar-refractivity contribution in [3.05, 3.63) is 11.7 Å². The molecule has 1 atom stereocenters. The third kappa shape index (κ3) is 3.02. The van der Waals surface area contributed by atoms with Crippen LogP contribution in [0.4, 0.5) is 0 Å². The van der Waals surface area contributed by atoms with Gasteiger partial charge in [0.1, 0.15) is 12.7 Å². The van der Waals surface area contributed by atoms with Crippen molar-refractivity contribution in [1.29, 1.82) is 0 Å². The molecule has 0 radical (unpaired) electrons. The van der Waals surface area contributed by atoms with Crippen molar-refractivity contribution in [3.63, 3.8) is 0 Å². The second kappa shape index (κ2) is 5.12. The van der Waals surface area contributed by atoms with Gasteiger partial charge in [-0.2, -0.15) is 4.98 Å². The molecule has 0 aromatic carbocycles. The summed E-state index contributed by atoms with van der Waals surface area (Å²) in [5.74, 6) is 1.07. The molecule has 0 bridgehead atoms. The maximum absolute atomic E-state index is 5.70. The van der Waals surface area contributed by atoms with Crippen molar-refractivity contribution in [2.75, 3.05) is 19.7 Å². The van der Waals surface area contributed by atoms with Crippen LogP contribution in [0.5, 0.6) is 0 Å². The van der Waals surface area contributed by atoms with E-state index in [1.54, 1.807) is 0 Å². The molecule has 1 aliphatic rings. The van der Waals surface area contributed by atoms with Crippen LogP contribution in [0.15, 0.2) is 4.52 Å². The van der Waals surface area contributed by atoms with E-state index in [-0.39, 0.29) is 11.7 Å². The van der Waals surface area contributed by atoms with Gasteiger partial charge in [-0.15, -0.1) is 0 Å². The van der Waals surface area contributed by atoms with Gasteiger partial charge in [0, 0.05) is 19.7 Å². The summed E-state index contributed by atoms with van der Waals surface area (Å²) in [4.78, 5) is 4.24. The first-order valence-corrected chi connectivity index (χ1v) is 5.92. The van der Waals surface area contributed by atoms with Crippen LogP contribution in [0.1, 0.15) is 38.6 Å². The van der Waals surface area contributed by atoms with Gasteiger partial charge in [0.25, 0.3) is 5.89 Å². The zero-order chi connectivity index (χ0) is 12.3. The molecule has 0 amide bonds. The zero-order valence-corrected chi connectivity index (χ0v) is 10.5. The van der Waals surface area contributed by atoms with Gasteiger partial charge in [0.2, 0.25) is 0 Å². The number of nitrogens with one attached hydrogen (secondary N) is 1. The van der Waals surface area contributed by atoms with Crippen molar-refractivity contribution >= 4 is 0 Å². The summed E-state index contributed by atoms with van der Waals surface area (Å²) >= 11 is 0. The summed E-state index contributed by atoms with van der Waals surface area (Å²) in [5, 5.41) is 7.04. The predicted molar refractivity (Wildman–Crippen MR) is 60.4 cm³/mol. The van der Waals surface area contributed by atoms with E-state index in [9.17, 15) is 0 Å². The minimum Gasteiger partial charge on any atom is -0.371 e. The molecule has 6 nitrogen and oxygen atoms in total. The highest BCUT2D eigenvalue weighted by atomic mass is 16.5. The van der Waals surface area contributed by atoms with Gasteiger partial charge in [-0.05, 0) is 20.8 Å². The SMILES string of the molecule is CCOC(C)c1noc(COC2(C)CNC2)n1. The van der Waals surface area contributed by atoms with Crippen molar-refractivity contribution in [2.24, 2.45) is 0 Å². The molecule has 1 saturated heterocycles. The van der Waals surface area contributed by atoms with E-state index in [4.69, 9.17) is 14.0 Å². The fourth-order valence-electron chi connectivity index (χ4n) is 1.63. The normalized spacial score (nSPS) is 19.9. The van der Waals surface area contributed by atoms with Crippen LogP contribution in [0.2, 0.25) is 0 Å². The van der Waals surface area contributed by atoms with Crippen molar-refractivity contribution < 1.29 is 14.0 Å². The monoisotopic (exact) mass is 241 g/mol. The molecule has 0 saturated carbocycles. The first-order chi connectivity index (χ1) is 8.13. The Hall–Kier alpha value is -0.980. The summed E-state index contributed by atoms with van der Waals surface area (Å²) in [6.07, 6.45) is -0.140. The molecule has 1 aliphatic heterocycles. The Balaban J connectivity index is 1.85. The molecule has 96 valence electrons. The topological polar surface area (TPSA) is 69.4 Å². The van der Waals surface area contributed by atoms with Crippen LogP contribution in [0.3, 0.4) is 0 Å². The lowest BCUT2D eigenvalue weighted by atomic mass is 10.0. The molecule has 1 N–H and O–H groups in total. The highest BCUT2D eigenvalue weighted by Gasteiger charge is 2.33. The number of ether oxygens (including phenoxy) is 2. The van der Waals surface area contributed by atoms with E-state index in [0.717, 1.165) is 13.1 Å². The quantitative estimate of drug-likeness (QED) is 0.802. The average molecular weight is 241 g/mol. The van der Waals surface area contributed by atoms with E-state index in [1.165, 1.54) is 0 Å². The van der Waals surface area contributed by atoms with Gasteiger partial charge in [0.05, 0.1) is 5.60 Å². The Kier molecular flexibility index (Phi) is 3.76. The zero-order valence-electron chi connectivity index (χ0n) is 10.5. The summed E-state index contributed by atoms with van der Waals surface area (Å²) in [5.41, 5.74) is -0.0971. The van der Waals surface area contributed by atoms with E-state index < -0.39 is 0 Å². The smallest absolute Gasteiger partial charge is 0.252 e. The molecule has 1 aromatic rings. The van der Waals surface area contributed by atoms with Crippen LogP contribution in [-0.4, -0.2) is 35.4 Å². The Labute approximate surface area is 101 Å². The molecule has 1 fully saturated rings. The Bertz CT molecular complexity index is 363. The minimum atomic E-state index is -0.140. The van der Waals surface area contributed by atoms with Gasteiger partial charge in [-0.3, -0.25) is 0 Å². The fraction of sp³-hybridized carbons (Fsp3) is 0.818. The highest BCUT2D eigenvalue weighted by molar-refractivity contribution is 4.92. The highest BCUT2D eigenvalue weighted by Crippen LogP contribution is 2.18. The molecular formula is C11H19N3O3. The molecule has 0 aliphatic carbocycles. The van der Waals surface area contributed by atoms with Gasteiger partial charge in [-0.1, -0.05) is 5.16 Å². The lowest BCUT2D eigenvalue weighted by Gasteiger charge is -2.38. The molecule has 17 heavy (non-hydrogen) atoms. The summed E-state index contributed by atoms with van der Waals surface area (Å²) < 4.78 is 16.2. The van der Waals surface area contributed by atoms with E-state index in [1.807, 2.05) is 13.8 Å². The minimum absolute atomic E-state index is 0.0971. The largest absolute Gasteiger partial charge is 0.371 e. The second-order valence-electron chi connectivity index (χ2n) is 4.49. The van der Waals surface area contributed by atoms with Crippen molar-refractivity contribution in [1.82, 2.24) is 15.5 Å². The van der Waals surface area contributed by atoms with Crippen LogP contribution in [-0.2, 0) is 16.1 Å². The number of rotatable bonds is 6. The Morgan fingerprint density at radius 2 is 2.29 bits per heavy atom. The molecule has 2 rings (SSSR count). The predicted octanol–water partition coefficient (Wildman–Crippen LogP) is 1.05. The Morgan fingerprint density at radius 1 is 1.53 bits per heavy atom. The average Bonchev–Trinajstić information content (AvgIpc) is 2.73. The van der Waals surface area contributed by atoms with Gasteiger partial charge < -0.3 is 19.3 Å². The number of aromatic nitrogens is 2. The maximum atomic E-state index is 5.70. The summed E-state index contributed by atoms with van der Waals surface area (Å²) in [6, 6.07) is 0. The molecule has 2 heterocycles. The van der Waals surface area contributed by atoms with Gasteiger partial charge in [0.15, 0.2) is 5.82 Å². The number of nitrogens with zero attached hydrogens (tertiary/aromatic N) is 2. The summed E-state index contributed by atoms with van der Waals surface area (Å²) in [7, 11) is 0. The standard InChI is InChI=1S/C11H19N3O3/c1-4-15-8(2)10-13-9(17-14-10)5-16-11(3)6-12-7-11/h8,12H,4-7H2,1-3H3. The first-order valence-electron chi connectivity index (χ1n) is 5.92. The van der Waals surface area contributed by atoms with E-state index in [2.05, 4.69) is 22.4 Å². The number of hydrogen-bond donors (Lipinski definition) is 1. The lowest BCUT2D eigenvalue weighted by Crippen LogP contribution is -2.58. The van der Waals surface area contributed by atoms with Crippen LogP contribution >= 0.6 is 0 Å². The van der Waals surface area contributed by atoms with E-state index >= 15 is 0 Å². The number of hydrogen-bond acceptors (Lipinski definition) is 6. The molecule has 6 heteroatoms. The van der Waals surface area contributed by atoms with Gasteiger partial charge in [-0.25, -0.2) is 0 Å². The second-order valence-corrected chi connectivity index (χ2v) is 4.49. The molecular weight excluding hydrogens is 222 g/mol. The van der Waals surface area contributed by atoms with E-state index in [0.29, 0.717) is 24.9 Å². The molecule has 1 unspecified atom stereocenters. The van der Waals surface area contributed by atoms with Crippen molar-refractivity contribution in [2.45, 2.75) is 39.1 Å². The van der Waals surface area contributed by atoms with Crippen LogP contribution in [0, 0.1) is 0 Å². The third-order valence-corrected chi connectivity index (χ3v) is 2.81. The molecule has 1 aromatic heterocycles. The fourth-order valence-corrected chi connectivity index (χ4v) is 1.63. The van der Waals surface area contributed by atoms with Crippen LogP contribution in [0.25, 0.3) is 0 Å². The van der Waals surface area contributed by atoms with Gasteiger partial charge >= 0.3 is 0 Å². The lowest BCUT2D eigenvalue weighted by molar-refractivity contribution is -0.0841. The van der Waals surface area contributed by atoms with Crippen LogP contribution < -0.4 is 5.32 Å². The Morgan fingerprint density at radius 3 is 2.88 bits per heavy atom. The first kappa shape index (κ1) is 12.5.